The number of aromatic nitrogens is 4. The average molecular weight is 415 g/mol. The van der Waals surface area contributed by atoms with E-state index in [-0.39, 0.29) is 23.2 Å². The predicted octanol–water partition coefficient (Wildman–Crippen LogP) is 1.57. The van der Waals surface area contributed by atoms with Gasteiger partial charge in [-0.3, -0.25) is 9.78 Å². The predicted molar refractivity (Wildman–Crippen MR) is 116 cm³/mol. The van der Waals surface area contributed by atoms with Crippen molar-refractivity contribution in [2.24, 2.45) is 5.73 Å². The fourth-order valence-electron chi connectivity index (χ4n) is 3.43. The number of nitrogens with zero attached hydrogens (tertiary/aromatic N) is 6. The Morgan fingerprint density at radius 3 is 2.68 bits per heavy atom. The van der Waals surface area contributed by atoms with Crippen LogP contribution < -0.4 is 21.7 Å². The Morgan fingerprint density at radius 1 is 1.16 bits per heavy atom. The Bertz CT molecular complexity index is 1150. The van der Waals surface area contributed by atoms with Gasteiger partial charge in [0.2, 0.25) is 0 Å². The van der Waals surface area contributed by atoms with E-state index < -0.39 is 5.91 Å². The monoisotopic (exact) mass is 415 g/mol. The summed E-state index contributed by atoms with van der Waals surface area (Å²) in [6.07, 6.45) is 6.27. The zero-order chi connectivity index (χ0) is 21.8. The van der Waals surface area contributed by atoms with E-state index in [0.29, 0.717) is 17.1 Å². The molecule has 1 aliphatic rings. The highest BCUT2D eigenvalue weighted by Gasteiger charge is 2.22. The molecule has 1 fully saturated rings. The van der Waals surface area contributed by atoms with Crippen molar-refractivity contribution in [2.45, 2.75) is 18.9 Å². The van der Waals surface area contributed by atoms with Gasteiger partial charge in [-0.2, -0.15) is 5.26 Å². The number of hydrogen-bond acceptors (Lipinski definition) is 9. The number of nitrogens with one attached hydrogen (secondary N) is 1. The second-order valence-electron chi connectivity index (χ2n) is 7.15. The van der Waals surface area contributed by atoms with Crippen LogP contribution in [0.15, 0.2) is 42.9 Å². The number of piperidine rings is 1. The number of rotatable bonds is 4. The van der Waals surface area contributed by atoms with E-state index in [9.17, 15) is 10.1 Å². The average Bonchev–Trinajstić information content (AvgIpc) is 2.80. The fourth-order valence-corrected chi connectivity index (χ4v) is 3.43. The van der Waals surface area contributed by atoms with Crippen molar-refractivity contribution in [1.29, 1.82) is 5.26 Å². The molecule has 0 aliphatic carbocycles. The van der Waals surface area contributed by atoms with Crippen LogP contribution in [0.3, 0.4) is 0 Å². The van der Waals surface area contributed by atoms with Gasteiger partial charge in [-0.1, -0.05) is 0 Å². The van der Waals surface area contributed by atoms with Gasteiger partial charge >= 0.3 is 0 Å². The molecule has 3 aromatic heterocycles. The van der Waals surface area contributed by atoms with Crippen LogP contribution in [-0.4, -0.2) is 45.0 Å². The summed E-state index contributed by atoms with van der Waals surface area (Å²) in [5.41, 5.74) is 13.6. The van der Waals surface area contributed by atoms with Crippen LogP contribution in [0.1, 0.15) is 28.9 Å². The topological polar surface area (TPSA) is 160 Å². The summed E-state index contributed by atoms with van der Waals surface area (Å²) in [6, 6.07) is 9.23. The summed E-state index contributed by atoms with van der Waals surface area (Å²) in [6.45, 7) is 1.56. The Hall–Kier alpha value is -4.10. The van der Waals surface area contributed by atoms with Crippen molar-refractivity contribution >= 4 is 23.2 Å². The first-order chi connectivity index (χ1) is 15.1. The third kappa shape index (κ3) is 4.26. The number of carbonyl (C=O) groups excluding carboxylic acids is 1. The highest BCUT2D eigenvalue weighted by Crippen LogP contribution is 2.27. The van der Waals surface area contributed by atoms with E-state index in [4.69, 9.17) is 11.5 Å². The van der Waals surface area contributed by atoms with Crippen molar-refractivity contribution in [3.8, 4) is 17.5 Å². The Labute approximate surface area is 179 Å². The minimum Gasteiger partial charge on any atom is -0.382 e. The number of hydrogen-bond donors (Lipinski definition) is 3. The standard InChI is InChI=1S/C21H21N9O/c22-11-13-3-1-7-25-17(13)15-12-27-19(24)18(28-15)21(31)29-20-16(4-2-8-26-20)30-9-5-14(23)6-10-30/h1-4,7-8,12,14H,5-6,9-10,23H2,(H2,24,27)(H,26,29,31). The maximum atomic E-state index is 13.0. The molecular formula is C21H21N9O. The molecule has 0 unspecified atom stereocenters. The number of nitrogens with two attached hydrogens (primary N) is 2. The van der Waals surface area contributed by atoms with Crippen molar-refractivity contribution in [1.82, 2.24) is 19.9 Å². The quantitative estimate of drug-likeness (QED) is 0.574. The number of nitrogen functional groups attached to an aromatic ring is 1. The third-order valence-corrected chi connectivity index (χ3v) is 5.09. The number of nitriles is 1. The first kappa shape index (κ1) is 20.2. The Balaban J connectivity index is 1.62. The van der Waals surface area contributed by atoms with Crippen LogP contribution in [0.25, 0.3) is 11.4 Å². The molecule has 3 aromatic rings. The van der Waals surface area contributed by atoms with Crippen molar-refractivity contribution < 1.29 is 4.79 Å². The highest BCUT2D eigenvalue weighted by molar-refractivity contribution is 6.06. The van der Waals surface area contributed by atoms with Crippen molar-refractivity contribution in [2.75, 3.05) is 29.0 Å². The lowest BCUT2D eigenvalue weighted by molar-refractivity contribution is 0.102. The summed E-state index contributed by atoms with van der Waals surface area (Å²) in [7, 11) is 0. The van der Waals surface area contributed by atoms with Gasteiger partial charge in [0.25, 0.3) is 5.91 Å². The summed E-state index contributed by atoms with van der Waals surface area (Å²) in [4.78, 5) is 32.1. The number of pyridine rings is 2. The van der Waals surface area contributed by atoms with Gasteiger partial charge in [0, 0.05) is 31.5 Å². The molecule has 31 heavy (non-hydrogen) atoms. The molecule has 0 atom stereocenters. The highest BCUT2D eigenvalue weighted by atomic mass is 16.2. The summed E-state index contributed by atoms with van der Waals surface area (Å²) < 4.78 is 0. The molecule has 1 saturated heterocycles. The van der Waals surface area contributed by atoms with E-state index in [1.807, 2.05) is 12.1 Å². The molecule has 0 bridgehead atoms. The van der Waals surface area contributed by atoms with Crippen LogP contribution >= 0.6 is 0 Å². The van der Waals surface area contributed by atoms with Gasteiger partial charge in [-0.05, 0) is 37.1 Å². The van der Waals surface area contributed by atoms with Gasteiger partial charge in [0.1, 0.15) is 17.5 Å². The molecule has 0 aromatic carbocycles. The molecule has 0 radical (unpaired) electrons. The molecule has 156 valence electrons. The summed E-state index contributed by atoms with van der Waals surface area (Å²) in [5.74, 6) is -0.169. The van der Waals surface area contributed by atoms with Crippen molar-refractivity contribution in [3.63, 3.8) is 0 Å². The molecule has 0 saturated carbocycles. The summed E-state index contributed by atoms with van der Waals surface area (Å²) >= 11 is 0. The zero-order valence-corrected chi connectivity index (χ0v) is 16.7. The molecule has 1 aliphatic heterocycles. The van der Waals surface area contributed by atoms with Crippen LogP contribution in [-0.2, 0) is 0 Å². The van der Waals surface area contributed by atoms with E-state index in [0.717, 1.165) is 31.6 Å². The van der Waals surface area contributed by atoms with E-state index in [1.165, 1.54) is 6.20 Å². The van der Waals surface area contributed by atoms with Gasteiger partial charge < -0.3 is 21.7 Å². The number of amides is 1. The molecule has 10 nitrogen and oxygen atoms in total. The molecule has 0 spiro atoms. The first-order valence-corrected chi connectivity index (χ1v) is 9.81. The fraction of sp³-hybridized carbons (Fsp3) is 0.238. The third-order valence-electron chi connectivity index (χ3n) is 5.09. The largest absolute Gasteiger partial charge is 0.382 e. The zero-order valence-electron chi connectivity index (χ0n) is 16.7. The lowest BCUT2D eigenvalue weighted by Crippen LogP contribution is -2.40. The number of anilines is 3. The lowest BCUT2D eigenvalue weighted by atomic mass is 10.1. The molecule has 1 amide bonds. The van der Waals surface area contributed by atoms with E-state index in [1.54, 1.807) is 24.5 Å². The summed E-state index contributed by atoms with van der Waals surface area (Å²) in [5, 5.41) is 12.1. The van der Waals surface area contributed by atoms with Gasteiger partial charge in [0.15, 0.2) is 17.3 Å². The maximum absolute atomic E-state index is 13.0. The Kier molecular flexibility index (Phi) is 5.68. The minimum atomic E-state index is -0.546. The van der Waals surface area contributed by atoms with E-state index >= 15 is 0 Å². The van der Waals surface area contributed by atoms with Crippen molar-refractivity contribution in [3.05, 3.63) is 54.1 Å². The number of carbonyl (C=O) groups is 1. The Morgan fingerprint density at radius 2 is 1.90 bits per heavy atom. The van der Waals surface area contributed by atoms with Crippen LogP contribution in [0, 0.1) is 11.3 Å². The van der Waals surface area contributed by atoms with Gasteiger partial charge in [-0.25, -0.2) is 15.0 Å². The molecular weight excluding hydrogens is 394 g/mol. The second-order valence-corrected chi connectivity index (χ2v) is 7.15. The maximum Gasteiger partial charge on any atom is 0.279 e. The van der Waals surface area contributed by atoms with Crippen LogP contribution in [0.4, 0.5) is 17.3 Å². The normalized spacial score (nSPS) is 14.1. The van der Waals surface area contributed by atoms with E-state index in [2.05, 4.69) is 36.2 Å². The minimum absolute atomic E-state index is 0.0304. The smallest absolute Gasteiger partial charge is 0.279 e. The lowest BCUT2D eigenvalue weighted by Gasteiger charge is -2.32. The SMILES string of the molecule is N#Cc1cccnc1-c1cnc(N)c(C(=O)Nc2ncccc2N2CCC(N)CC2)n1. The van der Waals surface area contributed by atoms with Gasteiger partial charge in [-0.15, -0.1) is 0 Å². The molecule has 10 heteroatoms. The molecule has 4 heterocycles. The van der Waals surface area contributed by atoms with Crippen LogP contribution in [0.2, 0.25) is 0 Å². The first-order valence-electron chi connectivity index (χ1n) is 9.81. The van der Waals surface area contributed by atoms with Gasteiger partial charge in [0.05, 0.1) is 17.4 Å². The molecule has 4 rings (SSSR count). The second kappa shape index (κ2) is 8.73. The molecule has 5 N–H and O–H groups in total. The van der Waals surface area contributed by atoms with Crippen LogP contribution in [0.5, 0.6) is 0 Å².